The number of rotatable bonds is 9. The van der Waals surface area contributed by atoms with Gasteiger partial charge in [0.25, 0.3) is 0 Å². The van der Waals surface area contributed by atoms with Gasteiger partial charge in [0.2, 0.25) is 0 Å². The number of hydrogen-bond donors (Lipinski definition) is 3. The molecule has 0 aromatic heterocycles. The molecule has 1 rings (SSSR count). The van der Waals surface area contributed by atoms with Crippen molar-refractivity contribution in [2.45, 2.75) is 31.3 Å². The van der Waals surface area contributed by atoms with Crippen molar-refractivity contribution in [1.29, 1.82) is 0 Å². The molecule has 2 atom stereocenters. The van der Waals surface area contributed by atoms with Crippen molar-refractivity contribution in [2.75, 3.05) is 6.54 Å². The third-order valence-corrected chi connectivity index (χ3v) is 3.02. The van der Waals surface area contributed by atoms with E-state index in [1.54, 1.807) is 6.08 Å². The van der Waals surface area contributed by atoms with Gasteiger partial charge in [0.1, 0.15) is 6.04 Å². The van der Waals surface area contributed by atoms with Gasteiger partial charge >= 0.3 is 5.97 Å². The Morgan fingerprint density at radius 2 is 2.05 bits per heavy atom. The molecule has 0 aliphatic rings. The molecule has 0 spiro atoms. The van der Waals surface area contributed by atoms with E-state index >= 15 is 0 Å². The fourth-order valence-corrected chi connectivity index (χ4v) is 1.95. The number of nitrogens with one attached hydrogen (secondary N) is 1. The van der Waals surface area contributed by atoms with Crippen molar-refractivity contribution in [2.24, 2.45) is 5.73 Å². The maximum atomic E-state index is 11.2. The van der Waals surface area contributed by atoms with Crippen LogP contribution in [0, 0.1) is 0 Å². The van der Waals surface area contributed by atoms with Crippen molar-refractivity contribution in [3.8, 4) is 0 Å². The van der Waals surface area contributed by atoms with Crippen LogP contribution in [0.25, 0.3) is 0 Å². The maximum absolute atomic E-state index is 11.2. The van der Waals surface area contributed by atoms with Gasteiger partial charge in [0, 0.05) is 0 Å². The lowest BCUT2D eigenvalue weighted by Gasteiger charge is -2.21. The second kappa shape index (κ2) is 8.45. The molecule has 2 unspecified atom stereocenters. The summed E-state index contributed by atoms with van der Waals surface area (Å²) in [6, 6.07) is 8.97. The molecule has 4 nitrogen and oxygen atoms in total. The molecule has 104 valence electrons. The van der Waals surface area contributed by atoms with E-state index in [4.69, 9.17) is 5.73 Å². The maximum Gasteiger partial charge on any atom is 0.320 e. The summed E-state index contributed by atoms with van der Waals surface area (Å²) in [7, 11) is 0. The van der Waals surface area contributed by atoms with E-state index in [2.05, 4.69) is 11.9 Å². The third kappa shape index (κ3) is 5.24. The Labute approximate surface area is 114 Å². The highest BCUT2D eigenvalue weighted by Gasteiger charge is 2.20. The van der Waals surface area contributed by atoms with Gasteiger partial charge in [-0.05, 0) is 24.9 Å². The minimum Gasteiger partial charge on any atom is -0.480 e. The Hall–Kier alpha value is -1.65. The zero-order chi connectivity index (χ0) is 14.1. The first-order valence-electron chi connectivity index (χ1n) is 6.55. The van der Waals surface area contributed by atoms with Crippen molar-refractivity contribution >= 4 is 5.97 Å². The third-order valence-electron chi connectivity index (χ3n) is 3.02. The molecule has 4 heteroatoms. The lowest BCUT2D eigenvalue weighted by atomic mass is 10.0. The molecule has 0 fully saturated rings. The van der Waals surface area contributed by atoms with Crippen molar-refractivity contribution in [1.82, 2.24) is 5.32 Å². The van der Waals surface area contributed by atoms with Gasteiger partial charge in [-0.2, -0.15) is 0 Å². The molecule has 0 bridgehead atoms. The van der Waals surface area contributed by atoms with E-state index in [1.807, 2.05) is 30.3 Å². The molecule has 0 heterocycles. The predicted molar refractivity (Wildman–Crippen MR) is 76.8 cm³/mol. The molecular formula is C15H22N2O2. The highest BCUT2D eigenvalue weighted by molar-refractivity contribution is 5.73. The molecule has 0 amide bonds. The molecule has 0 saturated heterocycles. The van der Waals surface area contributed by atoms with Gasteiger partial charge in [0.05, 0.1) is 6.04 Å². The number of unbranched alkanes of at least 4 members (excludes halogenated alkanes) is 1. The van der Waals surface area contributed by atoms with Gasteiger partial charge < -0.3 is 10.8 Å². The summed E-state index contributed by atoms with van der Waals surface area (Å²) >= 11 is 0. The second-order valence-corrected chi connectivity index (χ2v) is 4.47. The fourth-order valence-electron chi connectivity index (χ4n) is 1.95. The lowest BCUT2D eigenvalue weighted by Crippen LogP contribution is -2.38. The molecule has 19 heavy (non-hydrogen) atoms. The summed E-state index contributed by atoms with van der Waals surface area (Å²) < 4.78 is 0. The van der Waals surface area contributed by atoms with Crippen LogP contribution in [-0.2, 0) is 4.79 Å². The Kier molecular flexibility index (Phi) is 6.85. The normalized spacial score (nSPS) is 13.7. The fraction of sp³-hybridized carbons (Fsp3) is 0.400. The predicted octanol–water partition coefficient (Wildman–Crippen LogP) is 2.09. The average molecular weight is 262 g/mol. The van der Waals surface area contributed by atoms with E-state index in [9.17, 15) is 9.90 Å². The number of nitrogens with two attached hydrogens (primary N) is 1. The highest BCUT2D eigenvalue weighted by Crippen LogP contribution is 2.15. The summed E-state index contributed by atoms with van der Waals surface area (Å²) in [6.07, 6.45) is 3.95. The molecule has 0 saturated carbocycles. The van der Waals surface area contributed by atoms with Gasteiger partial charge in [-0.1, -0.05) is 42.8 Å². The molecular weight excluding hydrogens is 240 g/mol. The minimum absolute atomic E-state index is 0.153. The van der Waals surface area contributed by atoms with Crippen LogP contribution in [-0.4, -0.2) is 23.7 Å². The van der Waals surface area contributed by atoms with E-state index in [0.717, 1.165) is 18.4 Å². The highest BCUT2D eigenvalue weighted by atomic mass is 16.4. The standard InChI is InChI=1S/C15H22N2O2/c1-2-13(12-8-4-3-5-9-12)17-14(15(18)19)10-6-7-11-16/h2-5,8-9,13-14,17H,1,6-7,10-11,16H2,(H,18,19). The van der Waals surface area contributed by atoms with E-state index in [-0.39, 0.29) is 6.04 Å². The van der Waals surface area contributed by atoms with Gasteiger partial charge in [-0.3, -0.25) is 10.1 Å². The largest absolute Gasteiger partial charge is 0.480 e. The van der Waals surface area contributed by atoms with Gasteiger partial charge in [0.15, 0.2) is 0 Å². The van der Waals surface area contributed by atoms with Gasteiger partial charge in [-0.25, -0.2) is 0 Å². The monoisotopic (exact) mass is 262 g/mol. The number of carboxylic acid groups (broad SMARTS) is 1. The summed E-state index contributed by atoms with van der Waals surface area (Å²) in [5, 5.41) is 12.4. The zero-order valence-corrected chi connectivity index (χ0v) is 11.1. The average Bonchev–Trinajstić information content (AvgIpc) is 2.43. The van der Waals surface area contributed by atoms with Crippen LogP contribution in [0.3, 0.4) is 0 Å². The van der Waals surface area contributed by atoms with Crippen LogP contribution in [0.15, 0.2) is 43.0 Å². The van der Waals surface area contributed by atoms with E-state index in [0.29, 0.717) is 13.0 Å². The van der Waals surface area contributed by atoms with Crippen LogP contribution in [0.1, 0.15) is 30.9 Å². The van der Waals surface area contributed by atoms with Crippen LogP contribution in [0.4, 0.5) is 0 Å². The number of carbonyl (C=O) groups is 1. The van der Waals surface area contributed by atoms with Crippen molar-refractivity contribution < 1.29 is 9.90 Å². The molecule has 1 aromatic carbocycles. The quantitative estimate of drug-likeness (QED) is 0.470. The van der Waals surface area contributed by atoms with E-state index in [1.165, 1.54) is 0 Å². The minimum atomic E-state index is -0.834. The second-order valence-electron chi connectivity index (χ2n) is 4.47. The Morgan fingerprint density at radius 3 is 2.58 bits per heavy atom. The first kappa shape index (κ1) is 15.4. The lowest BCUT2D eigenvalue weighted by molar-refractivity contribution is -0.139. The molecule has 0 aliphatic heterocycles. The summed E-state index contributed by atoms with van der Waals surface area (Å²) in [6.45, 7) is 4.36. The van der Waals surface area contributed by atoms with Crippen LogP contribution in [0.5, 0.6) is 0 Å². The first-order chi connectivity index (χ1) is 9.19. The Balaban J connectivity index is 2.65. The summed E-state index contributed by atoms with van der Waals surface area (Å²) in [4.78, 5) is 11.2. The van der Waals surface area contributed by atoms with Crippen molar-refractivity contribution in [3.05, 3.63) is 48.6 Å². The topological polar surface area (TPSA) is 75.3 Å². The van der Waals surface area contributed by atoms with Gasteiger partial charge in [-0.15, -0.1) is 6.58 Å². The van der Waals surface area contributed by atoms with Crippen LogP contribution < -0.4 is 11.1 Å². The Bertz CT molecular complexity index is 392. The smallest absolute Gasteiger partial charge is 0.320 e. The molecule has 1 aromatic rings. The number of carboxylic acids is 1. The van der Waals surface area contributed by atoms with Crippen LogP contribution >= 0.6 is 0 Å². The number of hydrogen-bond acceptors (Lipinski definition) is 3. The zero-order valence-electron chi connectivity index (χ0n) is 11.1. The Morgan fingerprint density at radius 1 is 1.37 bits per heavy atom. The number of aliphatic carboxylic acids is 1. The molecule has 0 radical (unpaired) electrons. The molecule has 4 N–H and O–H groups in total. The van der Waals surface area contributed by atoms with Crippen molar-refractivity contribution in [3.63, 3.8) is 0 Å². The summed E-state index contributed by atoms with van der Waals surface area (Å²) in [5.74, 6) is -0.834. The van der Waals surface area contributed by atoms with E-state index < -0.39 is 12.0 Å². The number of benzene rings is 1. The summed E-state index contributed by atoms with van der Waals surface area (Å²) in [5.41, 5.74) is 6.44. The molecule has 0 aliphatic carbocycles. The first-order valence-corrected chi connectivity index (χ1v) is 6.55. The van der Waals surface area contributed by atoms with Crippen LogP contribution in [0.2, 0.25) is 0 Å². The SMILES string of the molecule is C=CC(NC(CCCCN)C(=O)O)c1ccccc1.